The molecule has 13 heteroatoms. The number of rotatable bonds is 19. The van der Waals surface area contributed by atoms with Crippen molar-refractivity contribution in [2.24, 2.45) is 0 Å². The smallest absolute Gasteiger partial charge is 0.238 e. The van der Waals surface area contributed by atoms with Gasteiger partial charge in [0.25, 0.3) is 0 Å². The number of ether oxygens (including phenoxy) is 4. The Kier molecular flexibility index (Phi) is 13.2. The molecule has 1 fully saturated rings. The minimum Gasteiger partial charge on any atom is -0.379 e. The number of aryl methyl sites for hydroxylation is 1. The van der Waals surface area contributed by atoms with Crippen molar-refractivity contribution in [1.82, 2.24) is 19.4 Å². The van der Waals surface area contributed by atoms with Gasteiger partial charge in [-0.05, 0) is 55.5 Å². The number of carbonyl (C=O) groups excluding carboxylic acids is 2. The van der Waals surface area contributed by atoms with Gasteiger partial charge in [-0.1, -0.05) is 17.5 Å². The topological polar surface area (TPSA) is 108 Å². The average molecular weight is 684 g/mol. The summed E-state index contributed by atoms with van der Waals surface area (Å²) in [5.74, 6) is 3.10. The van der Waals surface area contributed by atoms with Crippen LogP contribution in [0, 0.1) is 12.3 Å². The summed E-state index contributed by atoms with van der Waals surface area (Å²) in [6, 6.07) is 7.46. The van der Waals surface area contributed by atoms with Crippen molar-refractivity contribution in [1.29, 1.82) is 0 Å². The Morgan fingerprint density at radius 1 is 1.00 bits per heavy atom. The van der Waals surface area contributed by atoms with Crippen molar-refractivity contribution in [3.05, 3.63) is 53.1 Å². The van der Waals surface area contributed by atoms with E-state index in [0.717, 1.165) is 22.3 Å². The van der Waals surface area contributed by atoms with Crippen LogP contribution in [0.5, 0.6) is 0 Å². The van der Waals surface area contributed by atoms with Gasteiger partial charge in [-0.25, -0.2) is 4.98 Å². The standard InChI is InChI=1S/C35H43ClFN5O6/c1-2-16-45-18-20-47-22-23-48-21-19-46-17-8-33(43)40-14-9-35(10-15-40)28-7-12-38-25-31(28)42(34(35)44)26-32-39-29-24-27(36)5-6-30(29)41(32)13-4-3-11-37/h1,5-7,12,24-25H,3-4,8-11,13-23,26H2. The highest BCUT2D eigenvalue weighted by atomic mass is 35.5. The molecule has 5 rings (SSSR count). The number of piperidine rings is 1. The van der Waals surface area contributed by atoms with E-state index in [1.165, 1.54) is 0 Å². The molecule has 2 aromatic heterocycles. The Balaban J connectivity index is 1.12. The van der Waals surface area contributed by atoms with Crippen molar-refractivity contribution in [3.63, 3.8) is 0 Å². The number of pyridine rings is 1. The lowest BCUT2D eigenvalue weighted by atomic mass is 9.74. The number of hydrogen-bond acceptors (Lipinski definition) is 8. The largest absolute Gasteiger partial charge is 0.379 e. The van der Waals surface area contributed by atoms with E-state index in [2.05, 4.69) is 15.5 Å². The molecule has 258 valence electrons. The summed E-state index contributed by atoms with van der Waals surface area (Å²) < 4.78 is 36.6. The molecule has 0 bridgehead atoms. The van der Waals surface area contributed by atoms with Crippen molar-refractivity contribution in [3.8, 4) is 12.3 Å². The van der Waals surface area contributed by atoms with Gasteiger partial charge in [-0.15, -0.1) is 6.42 Å². The van der Waals surface area contributed by atoms with Gasteiger partial charge in [0, 0.05) is 30.9 Å². The van der Waals surface area contributed by atoms with E-state index in [-0.39, 0.29) is 38.1 Å². The van der Waals surface area contributed by atoms with Crippen LogP contribution in [0.4, 0.5) is 10.1 Å². The van der Waals surface area contributed by atoms with Gasteiger partial charge in [-0.3, -0.25) is 19.0 Å². The van der Waals surface area contributed by atoms with E-state index < -0.39 is 5.41 Å². The first kappa shape index (κ1) is 35.7. The number of halogens is 2. The number of terminal acetylenes is 1. The van der Waals surface area contributed by atoms with E-state index in [4.69, 9.17) is 42.0 Å². The van der Waals surface area contributed by atoms with Crippen molar-refractivity contribution < 1.29 is 32.9 Å². The molecule has 0 saturated carbocycles. The zero-order valence-electron chi connectivity index (χ0n) is 27.2. The first-order chi connectivity index (χ1) is 23.5. The fourth-order valence-electron chi connectivity index (χ4n) is 6.40. The van der Waals surface area contributed by atoms with Gasteiger partial charge in [0.15, 0.2) is 0 Å². The van der Waals surface area contributed by atoms with Crippen LogP contribution in [0.3, 0.4) is 0 Å². The third kappa shape index (κ3) is 8.51. The fraction of sp³-hybridized carbons (Fsp3) is 0.543. The number of imidazole rings is 1. The molecule has 0 unspecified atom stereocenters. The number of nitrogens with zero attached hydrogens (tertiary/aromatic N) is 5. The molecule has 0 atom stereocenters. The Labute approximate surface area is 285 Å². The maximum absolute atomic E-state index is 14.3. The third-order valence-electron chi connectivity index (χ3n) is 8.85. The minimum absolute atomic E-state index is 0.00383. The van der Waals surface area contributed by atoms with Crippen molar-refractivity contribution >= 4 is 40.1 Å². The monoisotopic (exact) mass is 683 g/mol. The Morgan fingerprint density at radius 2 is 1.71 bits per heavy atom. The molecule has 0 radical (unpaired) electrons. The highest BCUT2D eigenvalue weighted by Crippen LogP contribution is 2.48. The summed E-state index contributed by atoms with van der Waals surface area (Å²) in [6.45, 7) is 4.55. The van der Waals surface area contributed by atoms with E-state index in [1.807, 2.05) is 23.1 Å². The van der Waals surface area contributed by atoms with E-state index in [9.17, 15) is 14.0 Å². The van der Waals surface area contributed by atoms with Crippen LogP contribution in [0.1, 0.15) is 43.5 Å². The summed E-state index contributed by atoms with van der Waals surface area (Å²) in [6.07, 6.45) is 11.0. The highest BCUT2D eigenvalue weighted by Gasteiger charge is 2.52. The quantitative estimate of drug-likeness (QED) is 0.136. The second-order valence-electron chi connectivity index (χ2n) is 11.8. The molecule has 11 nitrogen and oxygen atoms in total. The lowest BCUT2D eigenvalue weighted by molar-refractivity contribution is -0.136. The van der Waals surface area contributed by atoms with Gasteiger partial charge in [0.2, 0.25) is 11.8 Å². The van der Waals surface area contributed by atoms with Crippen molar-refractivity contribution in [2.45, 2.75) is 50.6 Å². The number of likely N-dealkylation sites (tertiary alicyclic amines) is 1. The van der Waals surface area contributed by atoms with Crippen LogP contribution in [-0.2, 0) is 47.0 Å². The molecule has 1 aromatic carbocycles. The summed E-state index contributed by atoms with van der Waals surface area (Å²) in [5.41, 5.74) is 2.59. The SMILES string of the molecule is C#CCOCCOCCOCCOCCC(=O)N1CCC2(CC1)C(=O)N(Cc1nc3cc(Cl)ccc3n1CCCCF)c1cnccc12. The highest BCUT2D eigenvalue weighted by molar-refractivity contribution is 6.31. The summed E-state index contributed by atoms with van der Waals surface area (Å²) in [7, 11) is 0. The van der Waals surface area contributed by atoms with Gasteiger partial charge < -0.3 is 33.3 Å². The van der Waals surface area contributed by atoms with E-state index in [1.54, 1.807) is 23.4 Å². The molecular formula is C35H43ClFN5O6. The average Bonchev–Trinajstić information content (AvgIpc) is 3.54. The number of amides is 2. The molecule has 0 N–H and O–H groups in total. The minimum atomic E-state index is -0.740. The number of unbranched alkanes of at least 4 members (excludes halogenated alkanes) is 1. The molecule has 0 aliphatic carbocycles. The van der Waals surface area contributed by atoms with Crippen LogP contribution in [0.2, 0.25) is 5.02 Å². The lowest BCUT2D eigenvalue weighted by Gasteiger charge is -2.38. The zero-order chi connectivity index (χ0) is 33.8. The van der Waals surface area contributed by atoms with Gasteiger partial charge in [0.1, 0.15) is 12.4 Å². The zero-order valence-corrected chi connectivity index (χ0v) is 28.0. The van der Waals surface area contributed by atoms with E-state index in [0.29, 0.717) is 102 Å². The predicted octanol–water partition coefficient (Wildman–Crippen LogP) is 4.33. The Hall–Kier alpha value is -3.60. The number of hydrogen-bond donors (Lipinski definition) is 0. The Bertz CT molecular complexity index is 1570. The van der Waals surface area contributed by atoms with E-state index >= 15 is 0 Å². The predicted molar refractivity (Wildman–Crippen MR) is 180 cm³/mol. The second kappa shape index (κ2) is 17.7. The fourth-order valence-corrected chi connectivity index (χ4v) is 6.57. The van der Waals surface area contributed by atoms with Gasteiger partial charge >= 0.3 is 0 Å². The number of alkyl halides is 1. The molecule has 48 heavy (non-hydrogen) atoms. The normalized spacial score (nSPS) is 15.4. The van der Waals surface area contributed by atoms with Gasteiger partial charge in [-0.2, -0.15) is 0 Å². The van der Waals surface area contributed by atoms with Crippen LogP contribution >= 0.6 is 11.6 Å². The molecular weight excluding hydrogens is 641 g/mol. The van der Waals surface area contributed by atoms with Crippen LogP contribution in [-0.4, -0.2) is 104 Å². The maximum atomic E-state index is 14.3. The summed E-state index contributed by atoms with van der Waals surface area (Å²) in [4.78, 5) is 40.1. The summed E-state index contributed by atoms with van der Waals surface area (Å²) in [5, 5.41) is 0.576. The first-order valence-electron chi connectivity index (χ1n) is 16.5. The number of carbonyl (C=O) groups is 2. The van der Waals surface area contributed by atoms with Crippen LogP contribution in [0.25, 0.3) is 11.0 Å². The molecule has 4 heterocycles. The number of aromatic nitrogens is 3. The van der Waals surface area contributed by atoms with Crippen LogP contribution < -0.4 is 4.90 Å². The molecule has 2 aliphatic rings. The molecule has 2 aliphatic heterocycles. The number of anilines is 1. The summed E-state index contributed by atoms with van der Waals surface area (Å²) >= 11 is 6.26. The molecule has 1 spiro atoms. The number of fused-ring (bicyclic) bond motifs is 3. The van der Waals surface area contributed by atoms with Gasteiger partial charge in [0.05, 0.1) is 94.2 Å². The third-order valence-corrected chi connectivity index (χ3v) is 9.08. The molecule has 3 aromatic rings. The second-order valence-corrected chi connectivity index (χ2v) is 12.2. The Morgan fingerprint density at radius 3 is 2.42 bits per heavy atom. The number of benzene rings is 1. The first-order valence-corrected chi connectivity index (χ1v) is 16.9. The van der Waals surface area contributed by atoms with Crippen LogP contribution in [0.15, 0.2) is 36.7 Å². The molecule has 2 amide bonds. The van der Waals surface area contributed by atoms with Crippen molar-refractivity contribution in [2.75, 3.05) is 77.5 Å². The molecule has 1 saturated heterocycles. The maximum Gasteiger partial charge on any atom is 0.238 e. The lowest BCUT2D eigenvalue weighted by Crippen LogP contribution is -2.50.